The van der Waals surface area contributed by atoms with Crippen molar-refractivity contribution in [1.82, 2.24) is 9.97 Å². The number of benzene rings is 3. The first-order chi connectivity index (χ1) is 20.4. The Labute approximate surface area is 242 Å². The van der Waals surface area contributed by atoms with Gasteiger partial charge in [0.15, 0.2) is 11.6 Å². The molecule has 0 saturated heterocycles. The molecule has 2 bridgehead atoms. The van der Waals surface area contributed by atoms with Crippen LogP contribution in [0.3, 0.4) is 0 Å². The van der Waals surface area contributed by atoms with Gasteiger partial charge in [0.2, 0.25) is 5.69 Å². The van der Waals surface area contributed by atoms with Crippen molar-refractivity contribution in [2.75, 3.05) is 5.32 Å². The minimum Gasteiger partial charge on any atom is -0.364 e. The number of pyridine rings is 1. The van der Waals surface area contributed by atoms with Crippen molar-refractivity contribution in [2.24, 2.45) is 17.8 Å². The highest BCUT2D eigenvalue weighted by Crippen LogP contribution is 2.48. The monoisotopic (exact) mass is 562 g/mol. The molecule has 2 N–H and O–H groups in total. The lowest BCUT2D eigenvalue weighted by Crippen LogP contribution is -2.47. The van der Waals surface area contributed by atoms with Gasteiger partial charge in [0.05, 0.1) is 17.8 Å². The molecule has 2 atom stereocenters. The fourth-order valence-electron chi connectivity index (χ4n) is 7.18. The Morgan fingerprint density at radius 3 is 2.24 bits per heavy atom. The van der Waals surface area contributed by atoms with Gasteiger partial charge in [-0.3, -0.25) is 0 Å². The molecule has 0 spiro atoms. The number of hydrogen-bond donors (Lipinski definition) is 2. The summed E-state index contributed by atoms with van der Waals surface area (Å²) in [5.74, 6) is -0.660. The van der Waals surface area contributed by atoms with Gasteiger partial charge in [-0.2, -0.15) is 0 Å². The molecular formula is C35H29F3N4. The maximum absolute atomic E-state index is 16.6. The van der Waals surface area contributed by atoms with E-state index in [2.05, 4.69) is 22.1 Å². The van der Waals surface area contributed by atoms with Gasteiger partial charge in [-0.05, 0) is 66.2 Å². The molecule has 0 radical (unpaired) electrons. The second kappa shape index (κ2) is 10.4. The number of aromatic amines is 1. The highest BCUT2D eigenvalue weighted by Gasteiger charge is 2.42. The van der Waals surface area contributed by atoms with Crippen molar-refractivity contribution < 1.29 is 13.2 Å². The molecule has 3 saturated carbocycles. The fourth-order valence-corrected chi connectivity index (χ4v) is 7.18. The largest absolute Gasteiger partial charge is 0.364 e. The summed E-state index contributed by atoms with van der Waals surface area (Å²) in [5.41, 5.74) is 3.27. The van der Waals surface area contributed by atoms with Gasteiger partial charge in [0, 0.05) is 34.8 Å². The fraction of sp³-hybridized carbons (Fsp3) is 0.257. The van der Waals surface area contributed by atoms with Crippen LogP contribution in [0.25, 0.3) is 49.3 Å². The van der Waals surface area contributed by atoms with E-state index in [1.54, 1.807) is 0 Å². The van der Waals surface area contributed by atoms with E-state index in [1.165, 1.54) is 25.1 Å². The van der Waals surface area contributed by atoms with Crippen molar-refractivity contribution in [2.45, 2.75) is 38.6 Å². The van der Waals surface area contributed by atoms with Crippen LogP contribution in [-0.2, 0) is 0 Å². The molecule has 0 unspecified atom stereocenters. The number of hydrogen-bond acceptors (Lipinski definition) is 2. The summed E-state index contributed by atoms with van der Waals surface area (Å²) in [4.78, 5) is 11.3. The van der Waals surface area contributed by atoms with Crippen LogP contribution in [0.1, 0.15) is 32.6 Å². The van der Waals surface area contributed by atoms with Gasteiger partial charge < -0.3 is 10.3 Å². The summed E-state index contributed by atoms with van der Waals surface area (Å²) in [5, 5.41) is 3.70. The predicted octanol–water partition coefficient (Wildman–Crippen LogP) is 9.77. The molecule has 7 heteroatoms. The van der Waals surface area contributed by atoms with E-state index in [9.17, 15) is 8.78 Å². The third-order valence-electron chi connectivity index (χ3n) is 9.40. The summed E-state index contributed by atoms with van der Waals surface area (Å²) >= 11 is 0. The van der Waals surface area contributed by atoms with Gasteiger partial charge in [0.25, 0.3) is 0 Å². The molecule has 2 heterocycles. The molecule has 8 rings (SSSR count). The lowest BCUT2D eigenvalue weighted by molar-refractivity contribution is 0.0926. The summed E-state index contributed by atoms with van der Waals surface area (Å²) in [6, 6.07) is 19.4. The molecule has 3 fully saturated rings. The average Bonchev–Trinajstić information content (AvgIpc) is 3.44. The molecule has 5 aromatic rings. The summed E-state index contributed by atoms with van der Waals surface area (Å²) in [6.07, 6.45) is 6.08. The van der Waals surface area contributed by atoms with Gasteiger partial charge in [-0.15, -0.1) is 0 Å². The number of anilines is 1. The molecule has 2 aromatic heterocycles. The molecule has 0 aliphatic heterocycles. The molecule has 3 aliphatic carbocycles. The molecule has 3 aromatic carbocycles. The number of H-pyrrole nitrogens is 1. The van der Waals surface area contributed by atoms with Crippen molar-refractivity contribution in [3.05, 3.63) is 102 Å². The molecule has 210 valence electrons. The Morgan fingerprint density at radius 1 is 0.881 bits per heavy atom. The lowest BCUT2D eigenvalue weighted by Gasteiger charge is -2.47. The standard InChI is InChI=1S/C35H29F3N4/c1-19-20-8-14-24(15-9-20)31(19)41-35-30(38)29(23-12-10-22(11-13-23)21-6-4-3-5-7-21)34(39-2)33(42-35)27-18-40-32-26(27)16-25(36)17-28(32)37/h3-7,10-13,16-20,24,31,40H,8-9,14-15H2,1H3,(H,41,42)/t19-,20?,24?,31+/m0/s1. The molecule has 3 aliphatic rings. The topological polar surface area (TPSA) is 45.1 Å². The van der Waals surface area contributed by atoms with Crippen LogP contribution in [0.5, 0.6) is 0 Å². The smallest absolute Gasteiger partial charge is 0.223 e. The maximum Gasteiger partial charge on any atom is 0.223 e. The third kappa shape index (κ3) is 4.34. The van der Waals surface area contributed by atoms with Gasteiger partial charge in [0.1, 0.15) is 11.6 Å². The molecule has 4 nitrogen and oxygen atoms in total. The summed E-state index contributed by atoms with van der Waals surface area (Å²) in [6.45, 7) is 10.3. The third-order valence-corrected chi connectivity index (χ3v) is 9.40. The highest BCUT2D eigenvalue weighted by molar-refractivity contribution is 6.01. The Morgan fingerprint density at radius 2 is 1.55 bits per heavy atom. The van der Waals surface area contributed by atoms with Crippen LogP contribution in [0.4, 0.5) is 24.7 Å². The lowest BCUT2D eigenvalue weighted by atomic mass is 9.62. The maximum atomic E-state index is 16.6. The number of nitrogens with one attached hydrogen (secondary N) is 2. The minimum atomic E-state index is -0.746. The van der Waals surface area contributed by atoms with E-state index in [1.807, 2.05) is 54.6 Å². The first-order valence-electron chi connectivity index (χ1n) is 14.4. The zero-order valence-corrected chi connectivity index (χ0v) is 23.1. The predicted molar refractivity (Wildman–Crippen MR) is 161 cm³/mol. The number of nitrogens with zero attached hydrogens (tertiary/aromatic N) is 2. The summed E-state index contributed by atoms with van der Waals surface area (Å²) in [7, 11) is 0. The van der Waals surface area contributed by atoms with E-state index >= 15 is 4.39 Å². The van der Waals surface area contributed by atoms with E-state index in [-0.39, 0.29) is 39.7 Å². The van der Waals surface area contributed by atoms with Gasteiger partial charge in [-0.1, -0.05) is 61.5 Å². The number of aromatic nitrogens is 2. The van der Waals surface area contributed by atoms with Crippen LogP contribution in [0, 0.1) is 41.8 Å². The summed E-state index contributed by atoms with van der Waals surface area (Å²) < 4.78 is 45.6. The minimum absolute atomic E-state index is 0.00528. The zero-order chi connectivity index (χ0) is 29.0. The quantitative estimate of drug-likeness (QED) is 0.210. The van der Waals surface area contributed by atoms with Crippen molar-refractivity contribution in [3.8, 4) is 33.5 Å². The number of halogens is 3. The van der Waals surface area contributed by atoms with Gasteiger partial charge >= 0.3 is 0 Å². The Hall–Kier alpha value is -4.57. The van der Waals surface area contributed by atoms with Crippen molar-refractivity contribution in [1.29, 1.82) is 0 Å². The van der Waals surface area contributed by atoms with Crippen LogP contribution in [-0.4, -0.2) is 16.0 Å². The Kier molecular flexibility index (Phi) is 6.50. The highest BCUT2D eigenvalue weighted by atomic mass is 19.1. The van der Waals surface area contributed by atoms with E-state index in [4.69, 9.17) is 11.6 Å². The second-order valence-corrected chi connectivity index (χ2v) is 11.6. The Balaban J connectivity index is 1.42. The van der Waals surface area contributed by atoms with Crippen LogP contribution >= 0.6 is 0 Å². The Bertz CT molecular complexity index is 1830. The SMILES string of the molecule is [C-]#[N+]c1c(-c2c[nH]c3c(F)cc(F)cc23)nc(N[C@H]2C3CCC(CC3)[C@@H]2C)c(F)c1-c1ccc(-c2ccccc2)cc1. The average molecular weight is 563 g/mol. The van der Waals surface area contributed by atoms with Crippen molar-refractivity contribution in [3.63, 3.8) is 0 Å². The van der Waals surface area contributed by atoms with E-state index in [0.29, 0.717) is 28.9 Å². The van der Waals surface area contributed by atoms with Crippen LogP contribution < -0.4 is 5.32 Å². The zero-order valence-electron chi connectivity index (χ0n) is 23.1. The normalized spacial score (nSPS) is 21.4. The molecule has 42 heavy (non-hydrogen) atoms. The second-order valence-electron chi connectivity index (χ2n) is 11.6. The molecule has 0 amide bonds. The number of rotatable bonds is 5. The van der Waals surface area contributed by atoms with E-state index < -0.39 is 17.5 Å². The first-order valence-corrected chi connectivity index (χ1v) is 14.4. The first kappa shape index (κ1) is 26.3. The van der Waals surface area contributed by atoms with E-state index in [0.717, 1.165) is 30.0 Å². The van der Waals surface area contributed by atoms with Gasteiger partial charge in [-0.25, -0.2) is 23.0 Å². The van der Waals surface area contributed by atoms with Crippen molar-refractivity contribution >= 4 is 22.4 Å². The number of fused-ring (bicyclic) bond motifs is 4. The van der Waals surface area contributed by atoms with Crippen LogP contribution in [0.15, 0.2) is 72.9 Å². The van der Waals surface area contributed by atoms with Crippen LogP contribution in [0.2, 0.25) is 0 Å². The molecular weight excluding hydrogens is 533 g/mol.